The molecule has 0 fully saturated rings. The van der Waals surface area contributed by atoms with Crippen LogP contribution in [0.15, 0.2) is 42.5 Å². The highest BCUT2D eigenvalue weighted by Gasteiger charge is 2.31. The zero-order chi connectivity index (χ0) is 15.5. The maximum Gasteiger partial charge on any atom is 0.416 e. The summed E-state index contributed by atoms with van der Waals surface area (Å²) in [5.74, 6) is 0.130. The van der Waals surface area contributed by atoms with Crippen LogP contribution in [0.5, 0.6) is 5.75 Å². The molecule has 0 heterocycles. The van der Waals surface area contributed by atoms with Crippen molar-refractivity contribution in [3.05, 3.63) is 64.2 Å². The molecule has 0 bridgehead atoms. The van der Waals surface area contributed by atoms with Crippen molar-refractivity contribution in [3.63, 3.8) is 0 Å². The average Bonchev–Trinajstić information content (AvgIpc) is 2.45. The molecule has 2 aromatic rings. The van der Waals surface area contributed by atoms with E-state index in [1.54, 1.807) is 24.3 Å². The lowest BCUT2D eigenvalue weighted by molar-refractivity contribution is -0.137. The Morgan fingerprint density at radius 2 is 1.86 bits per heavy atom. The SMILES string of the molecule is O=Cc1ccccc1COc1ccc(C(F)(F)F)cc1Cl. The van der Waals surface area contributed by atoms with Crippen molar-refractivity contribution < 1.29 is 22.7 Å². The predicted molar refractivity (Wildman–Crippen MR) is 72.6 cm³/mol. The number of carbonyl (C=O) groups is 1. The third kappa shape index (κ3) is 3.76. The van der Waals surface area contributed by atoms with E-state index in [1.165, 1.54) is 0 Å². The third-order valence-corrected chi connectivity index (χ3v) is 3.12. The summed E-state index contributed by atoms with van der Waals surface area (Å²) in [6.07, 6.45) is -3.76. The van der Waals surface area contributed by atoms with Crippen LogP contribution in [-0.2, 0) is 12.8 Å². The van der Waals surface area contributed by atoms with Crippen molar-refractivity contribution in [2.45, 2.75) is 12.8 Å². The first kappa shape index (κ1) is 15.4. The molecule has 6 heteroatoms. The summed E-state index contributed by atoms with van der Waals surface area (Å²) in [6, 6.07) is 9.63. The van der Waals surface area contributed by atoms with Crippen LogP contribution in [0.25, 0.3) is 0 Å². The minimum absolute atomic E-state index is 0.0417. The molecular weight excluding hydrogens is 305 g/mol. The Morgan fingerprint density at radius 3 is 2.48 bits per heavy atom. The van der Waals surface area contributed by atoms with Crippen LogP contribution in [0, 0.1) is 0 Å². The van der Waals surface area contributed by atoms with Gasteiger partial charge in [0.15, 0.2) is 0 Å². The Balaban J connectivity index is 2.16. The molecule has 110 valence electrons. The highest BCUT2D eigenvalue weighted by molar-refractivity contribution is 6.32. The van der Waals surface area contributed by atoms with Crippen molar-refractivity contribution in [1.82, 2.24) is 0 Å². The summed E-state index contributed by atoms with van der Waals surface area (Å²) in [6.45, 7) is 0.0417. The van der Waals surface area contributed by atoms with Crippen LogP contribution in [0.4, 0.5) is 13.2 Å². The van der Waals surface area contributed by atoms with E-state index in [0.717, 1.165) is 18.2 Å². The van der Waals surface area contributed by atoms with Crippen molar-refractivity contribution in [2.75, 3.05) is 0 Å². The quantitative estimate of drug-likeness (QED) is 0.761. The fourth-order valence-electron chi connectivity index (χ4n) is 1.73. The van der Waals surface area contributed by atoms with E-state index in [2.05, 4.69) is 0 Å². The lowest BCUT2D eigenvalue weighted by Gasteiger charge is -2.12. The van der Waals surface area contributed by atoms with Gasteiger partial charge in [0.05, 0.1) is 10.6 Å². The molecule has 0 aromatic heterocycles. The molecule has 0 unspecified atom stereocenters. The van der Waals surface area contributed by atoms with Gasteiger partial charge < -0.3 is 4.74 Å². The molecule has 0 spiro atoms. The van der Waals surface area contributed by atoms with Crippen LogP contribution < -0.4 is 4.74 Å². The number of aldehydes is 1. The zero-order valence-corrected chi connectivity index (χ0v) is 11.4. The Labute approximate surface area is 124 Å². The molecule has 0 amide bonds. The lowest BCUT2D eigenvalue weighted by atomic mass is 10.1. The van der Waals surface area contributed by atoms with E-state index in [4.69, 9.17) is 16.3 Å². The first-order chi connectivity index (χ1) is 9.91. The van der Waals surface area contributed by atoms with Gasteiger partial charge in [0.2, 0.25) is 0 Å². The lowest BCUT2D eigenvalue weighted by Crippen LogP contribution is -2.05. The second-order valence-electron chi connectivity index (χ2n) is 4.25. The number of carbonyl (C=O) groups excluding carboxylic acids is 1. The number of ether oxygens (including phenoxy) is 1. The molecule has 0 saturated heterocycles. The minimum Gasteiger partial charge on any atom is -0.487 e. The van der Waals surface area contributed by atoms with Crippen molar-refractivity contribution in [2.24, 2.45) is 0 Å². The summed E-state index contributed by atoms with van der Waals surface area (Å²) in [7, 11) is 0. The monoisotopic (exact) mass is 314 g/mol. The maximum atomic E-state index is 12.5. The Bertz CT molecular complexity index is 654. The fraction of sp³-hybridized carbons (Fsp3) is 0.133. The molecule has 0 radical (unpaired) electrons. The molecule has 2 nitrogen and oxygen atoms in total. The molecule has 0 aliphatic heterocycles. The van der Waals surface area contributed by atoms with Gasteiger partial charge in [-0.2, -0.15) is 13.2 Å². The van der Waals surface area contributed by atoms with Gasteiger partial charge in [0.1, 0.15) is 18.6 Å². The van der Waals surface area contributed by atoms with Crippen molar-refractivity contribution in [1.29, 1.82) is 0 Å². The number of benzene rings is 2. The third-order valence-electron chi connectivity index (χ3n) is 2.82. The molecule has 2 aromatic carbocycles. The number of hydrogen-bond donors (Lipinski definition) is 0. The molecule has 0 aliphatic carbocycles. The van der Waals surface area contributed by atoms with Crippen LogP contribution >= 0.6 is 11.6 Å². The van der Waals surface area contributed by atoms with Gasteiger partial charge in [-0.05, 0) is 23.8 Å². The zero-order valence-electron chi connectivity index (χ0n) is 10.7. The van der Waals surface area contributed by atoms with Gasteiger partial charge in [-0.3, -0.25) is 4.79 Å². The number of halogens is 4. The maximum absolute atomic E-state index is 12.5. The van der Waals surface area contributed by atoms with Crippen molar-refractivity contribution >= 4 is 17.9 Å². The van der Waals surface area contributed by atoms with E-state index < -0.39 is 11.7 Å². The van der Waals surface area contributed by atoms with E-state index in [0.29, 0.717) is 17.4 Å². The van der Waals surface area contributed by atoms with Gasteiger partial charge in [-0.1, -0.05) is 35.9 Å². The second kappa shape index (κ2) is 6.18. The van der Waals surface area contributed by atoms with Crippen LogP contribution in [0.2, 0.25) is 5.02 Å². The number of rotatable bonds is 4. The molecule has 0 aliphatic rings. The Kier molecular flexibility index (Phi) is 4.53. The second-order valence-corrected chi connectivity index (χ2v) is 4.66. The molecule has 0 atom stereocenters. The van der Waals surface area contributed by atoms with E-state index in [-0.39, 0.29) is 17.4 Å². The Morgan fingerprint density at radius 1 is 1.14 bits per heavy atom. The normalized spacial score (nSPS) is 11.2. The number of hydrogen-bond acceptors (Lipinski definition) is 2. The van der Waals surface area contributed by atoms with Gasteiger partial charge >= 0.3 is 6.18 Å². The summed E-state index contributed by atoms with van der Waals surface area (Å²) in [4.78, 5) is 10.9. The molecule has 21 heavy (non-hydrogen) atoms. The van der Waals surface area contributed by atoms with Crippen LogP contribution in [0.1, 0.15) is 21.5 Å². The van der Waals surface area contributed by atoms with E-state index >= 15 is 0 Å². The molecular formula is C15H10ClF3O2. The first-order valence-electron chi connectivity index (χ1n) is 5.94. The van der Waals surface area contributed by atoms with Crippen LogP contribution in [0.3, 0.4) is 0 Å². The standard InChI is InChI=1S/C15H10ClF3O2/c16-13-7-12(15(17,18)19)5-6-14(13)21-9-11-4-2-1-3-10(11)8-20/h1-8H,9H2. The topological polar surface area (TPSA) is 26.3 Å². The summed E-state index contributed by atoms with van der Waals surface area (Å²) in [5.41, 5.74) is 0.247. The summed E-state index contributed by atoms with van der Waals surface area (Å²) >= 11 is 5.78. The molecule has 0 N–H and O–H groups in total. The fourth-order valence-corrected chi connectivity index (χ4v) is 1.97. The summed E-state index contributed by atoms with van der Waals surface area (Å²) < 4.78 is 42.9. The predicted octanol–water partition coefficient (Wildman–Crippen LogP) is 4.75. The minimum atomic E-state index is -4.45. The number of alkyl halides is 3. The van der Waals surface area contributed by atoms with E-state index in [9.17, 15) is 18.0 Å². The first-order valence-corrected chi connectivity index (χ1v) is 6.32. The van der Waals surface area contributed by atoms with E-state index in [1.807, 2.05) is 0 Å². The van der Waals surface area contributed by atoms with Gasteiger partial charge in [0.25, 0.3) is 0 Å². The van der Waals surface area contributed by atoms with Gasteiger partial charge in [0, 0.05) is 5.56 Å². The van der Waals surface area contributed by atoms with Gasteiger partial charge in [-0.15, -0.1) is 0 Å². The smallest absolute Gasteiger partial charge is 0.416 e. The van der Waals surface area contributed by atoms with Crippen LogP contribution in [-0.4, -0.2) is 6.29 Å². The Hall–Kier alpha value is -2.01. The molecule has 2 rings (SSSR count). The average molecular weight is 315 g/mol. The summed E-state index contributed by atoms with van der Waals surface area (Å²) in [5, 5.41) is -0.131. The largest absolute Gasteiger partial charge is 0.487 e. The van der Waals surface area contributed by atoms with Gasteiger partial charge in [-0.25, -0.2) is 0 Å². The highest BCUT2D eigenvalue weighted by atomic mass is 35.5. The highest BCUT2D eigenvalue weighted by Crippen LogP contribution is 2.34. The molecule has 0 saturated carbocycles. The van der Waals surface area contributed by atoms with Crippen molar-refractivity contribution in [3.8, 4) is 5.75 Å².